The summed E-state index contributed by atoms with van der Waals surface area (Å²) < 4.78 is 1.60. The molecule has 0 fully saturated rings. The van der Waals surface area contributed by atoms with Crippen molar-refractivity contribution >= 4 is 23.3 Å². The molecule has 0 bridgehead atoms. The maximum absolute atomic E-state index is 10.6. The molecule has 0 aliphatic rings. The molecule has 126 valence electrons. The van der Waals surface area contributed by atoms with Crippen LogP contribution in [0.1, 0.15) is 29.8 Å². The molecule has 0 atom stereocenters. The van der Waals surface area contributed by atoms with Gasteiger partial charge in [0, 0.05) is 12.1 Å². The van der Waals surface area contributed by atoms with Crippen molar-refractivity contribution in [2.24, 2.45) is 0 Å². The standard InChI is InChI=1S/C18H17N5O2/c1-12-7-3-5-9-15(12)22-18-21-13(2)20-17-14(11-19-23(17)18)8-4-6-10-16(24)25/h3,5,7,9,11H,6,10H2,1-2H3,(H,24,25)(H,20,21,22). The number of benzene rings is 1. The molecule has 0 radical (unpaired) electrons. The number of aryl methyl sites for hydroxylation is 2. The van der Waals surface area contributed by atoms with Gasteiger partial charge in [-0.3, -0.25) is 4.79 Å². The van der Waals surface area contributed by atoms with Gasteiger partial charge in [-0.15, -0.1) is 0 Å². The fourth-order valence-corrected chi connectivity index (χ4v) is 2.31. The Morgan fingerprint density at radius 3 is 2.84 bits per heavy atom. The van der Waals surface area contributed by atoms with Gasteiger partial charge in [-0.2, -0.15) is 14.6 Å². The summed E-state index contributed by atoms with van der Waals surface area (Å²) in [6, 6.07) is 7.90. The molecular formula is C18H17N5O2. The van der Waals surface area contributed by atoms with Gasteiger partial charge >= 0.3 is 5.97 Å². The lowest BCUT2D eigenvalue weighted by atomic mass is 10.2. The first-order valence-corrected chi connectivity index (χ1v) is 7.80. The van der Waals surface area contributed by atoms with E-state index in [1.54, 1.807) is 17.6 Å². The molecule has 1 aromatic carbocycles. The molecule has 3 rings (SSSR count). The normalized spacial score (nSPS) is 10.3. The van der Waals surface area contributed by atoms with Crippen LogP contribution < -0.4 is 5.32 Å². The number of nitrogens with zero attached hydrogens (tertiary/aromatic N) is 4. The number of rotatable bonds is 4. The minimum absolute atomic E-state index is 0.0142. The average Bonchev–Trinajstić information content (AvgIpc) is 2.96. The summed E-state index contributed by atoms with van der Waals surface area (Å²) in [6.45, 7) is 3.81. The topological polar surface area (TPSA) is 92.4 Å². The third kappa shape index (κ3) is 3.75. The van der Waals surface area contributed by atoms with Crippen molar-refractivity contribution in [1.29, 1.82) is 0 Å². The van der Waals surface area contributed by atoms with Gasteiger partial charge in [-0.05, 0) is 25.5 Å². The van der Waals surface area contributed by atoms with Crippen molar-refractivity contribution in [3.63, 3.8) is 0 Å². The quantitative estimate of drug-likeness (QED) is 0.712. The first-order chi connectivity index (χ1) is 12.0. The third-order valence-corrected chi connectivity index (χ3v) is 3.56. The molecule has 7 heteroatoms. The number of hydrogen-bond acceptors (Lipinski definition) is 5. The lowest BCUT2D eigenvalue weighted by Crippen LogP contribution is -2.07. The number of para-hydroxylation sites is 1. The third-order valence-electron chi connectivity index (χ3n) is 3.56. The van der Waals surface area contributed by atoms with E-state index >= 15 is 0 Å². The van der Waals surface area contributed by atoms with E-state index in [2.05, 4.69) is 32.2 Å². The fourth-order valence-electron chi connectivity index (χ4n) is 2.31. The number of nitrogens with one attached hydrogen (secondary N) is 1. The van der Waals surface area contributed by atoms with Gasteiger partial charge in [-0.1, -0.05) is 30.0 Å². The number of hydrogen-bond donors (Lipinski definition) is 2. The van der Waals surface area contributed by atoms with E-state index in [9.17, 15) is 4.79 Å². The minimum atomic E-state index is -0.864. The van der Waals surface area contributed by atoms with Gasteiger partial charge in [0.2, 0.25) is 5.95 Å². The fraction of sp³-hybridized carbons (Fsp3) is 0.222. The highest BCUT2D eigenvalue weighted by Gasteiger charge is 2.11. The Labute approximate surface area is 144 Å². The molecule has 0 spiro atoms. The van der Waals surface area contributed by atoms with Crippen molar-refractivity contribution in [2.45, 2.75) is 26.7 Å². The molecule has 0 saturated heterocycles. The van der Waals surface area contributed by atoms with E-state index in [1.807, 2.05) is 31.2 Å². The summed E-state index contributed by atoms with van der Waals surface area (Å²) in [5.74, 6) is 6.06. The van der Waals surface area contributed by atoms with Gasteiger partial charge in [0.15, 0.2) is 5.65 Å². The van der Waals surface area contributed by atoms with Gasteiger partial charge in [-0.25, -0.2) is 4.98 Å². The Kier molecular flexibility index (Phi) is 4.61. The SMILES string of the molecule is Cc1nc(Nc2ccccc2C)n2ncc(C#CCCC(=O)O)c2n1. The highest BCUT2D eigenvalue weighted by atomic mass is 16.4. The Hall–Kier alpha value is -3.40. The summed E-state index contributed by atoms with van der Waals surface area (Å²) in [4.78, 5) is 19.4. The first kappa shape index (κ1) is 16.5. The molecule has 25 heavy (non-hydrogen) atoms. The Balaban J connectivity index is 1.96. The second-order valence-corrected chi connectivity index (χ2v) is 5.52. The lowest BCUT2D eigenvalue weighted by molar-refractivity contribution is -0.136. The molecule has 2 heterocycles. The monoisotopic (exact) mass is 335 g/mol. The van der Waals surface area contributed by atoms with Crippen molar-refractivity contribution in [1.82, 2.24) is 19.6 Å². The molecule has 0 unspecified atom stereocenters. The second-order valence-electron chi connectivity index (χ2n) is 5.52. The number of aromatic nitrogens is 4. The van der Waals surface area contributed by atoms with E-state index in [1.165, 1.54) is 0 Å². The Bertz CT molecular complexity index is 998. The summed E-state index contributed by atoms with van der Waals surface area (Å²) in [5, 5.41) is 16.2. The van der Waals surface area contributed by atoms with Crippen LogP contribution in [-0.4, -0.2) is 30.7 Å². The average molecular weight is 335 g/mol. The van der Waals surface area contributed by atoms with Crippen LogP contribution in [0, 0.1) is 25.7 Å². The van der Waals surface area contributed by atoms with Crippen LogP contribution in [0.15, 0.2) is 30.5 Å². The molecule has 0 aliphatic carbocycles. The van der Waals surface area contributed by atoms with Gasteiger partial charge in [0.05, 0.1) is 18.2 Å². The molecule has 7 nitrogen and oxygen atoms in total. The number of carbonyl (C=O) groups is 1. The molecule has 3 aromatic rings. The zero-order chi connectivity index (χ0) is 17.8. The second kappa shape index (κ2) is 7.01. The highest BCUT2D eigenvalue weighted by molar-refractivity contribution is 5.67. The van der Waals surface area contributed by atoms with Crippen molar-refractivity contribution in [3.05, 3.63) is 47.4 Å². The lowest BCUT2D eigenvalue weighted by Gasteiger charge is -2.10. The Morgan fingerprint density at radius 1 is 1.28 bits per heavy atom. The molecule has 0 saturated carbocycles. The number of fused-ring (bicyclic) bond motifs is 1. The number of aliphatic carboxylic acids is 1. The van der Waals surface area contributed by atoms with Crippen LogP contribution in [0.4, 0.5) is 11.6 Å². The highest BCUT2D eigenvalue weighted by Crippen LogP contribution is 2.20. The van der Waals surface area contributed by atoms with Crippen LogP contribution in [0.5, 0.6) is 0 Å². The maximum atomic E-state index is 10.6. The van der Waals surface area contributed by atoms with Crippen LogP contribution in [-0.2, 0) is 4.79 Å². The predicted molar refractivity (Wildman–Crippen MR) is 93.7 cm³/mol. The summed E-state index contributed by atoms with van der Waals surface area (Å²) >= 11 is 0. The van der Waals surface area contributed by atoms with Crippen molar-refractivity contribution < 1.29 is 9.90 Å². The van der Waals surface area contributed by atoms with E-state index < -0.39 is 5.97 Å². The largest absolute Gasteiger partial charge is 0.481 e. The smallest absolute Gasteiger partial charge is 0.304 e. The van der Waals surface area contributed by atoms with Crippen molar-refractivity contribution in [2.75, 3.05) is 5.32 Å². The van der Waals surface area contributed by atoms with Crippen LogP contribution in [0.3, 0.4) is 0 Å². The number of carboxylic acids is 1. The predicted octanol–water partition coefficient (Wildman–Crippen LogP) is 2.70. The van der Waals surface area contributed by atoms with Gasteiger partial charge in [0.1, 0.15) is 5.82 Å². The van der Waals surface area contributed by atoms with E-state index in [0.717, 1.165) is 11.3 Å². The van der Waals surface area contributed by atoms with E-state index in [0.29, 0.717) is 23.0 Å². The molecular weight excluding hydrogens is 318 g/mol. The zero-order valence-corrected chi connectivity index (χ0v) is 13.9. The Morgan fingerprint density at radius 2 is 2.08 bits per heavy atom. The molecule has 0 amide bonds. The summed E-state index contributed by atoms with van der Waals surface area (Å²) in [7, 11) is 0. The van der Waals surface area contributed by atoms with Crippen molar-refractivity contribution in [3.8, 4) is 11.8 Å². The molecule has 2 N–H and O–H groups in total. The first-order valence-electron chi connectivity index (χ1n) is 7.80. The maximum Gasteiger partial charge on any atom is 0.304 e. The van der Waals surface area contributed by atoms with Crippen LogP contribution >= 0.6 is 0 Å². The molecule has 2 aromatic heterocycles. The van der Waals surface area contributed by atoms with E-state index in [4.69, 9.17) is 5.11 Å². The zero-order valence-electron chi connectivity index (χ0n) is 13.9. The van der Waals surface area contributed by atoms with Gasteiger partial charge in [0.25, 0.3) is 0 Å². The van der Waals surface area contributed by atoms with Gasteiger partial charge < -0.3 is 10.4 Å². The summed E-state index contributed by atoms with van der Waals surface area (Å²) in [5.41, 5.74) is 3.26. The van der Waals surface area contributed by atoms with Crippen LogP contribution in [0.25, 0.3) is 5.65 Å². The number of carboxylic acid groups (broad SMARTS) is 1. The molecule has 0 aliphatic heterocycles. The summed E-state index contributed by atoms with van der Waals surface area (Å²) in [6.07, 6.45) is 1.91. The van der Waals surface area contributed by atoms with E-state index in [-0.39, 0.29) is 12.8 Å². The van der Waals surface area contributed by atoms with Crippen LogP contribution in [0.2, 0.25) is 0 Å². The minimum Gasteiger partial charge on any atom is -0.481 e. The number of anilines is 2.